The fourth-order valence-electron chi connectivity index (χ4n) is 2.55. The molecule has 1 aliphatic rings. The zero-order chi connectivity index (χ0) is 12.3. The minimum atomic E-state index is -0.715. The van der Waals surface area contributed by atoms with Crippen molar-refractivity contribution >= 4 is 5.97 Å². The van der Waals surface area contributed by atoms with Crippen LogP contribution in [0.5, 0.6) is 0 Å². The van der Waals surface area contributed by atoms with E-state index in [1.165, 1.54) is 0 Å². The maximum atomic E-state index is 11.3. The van der Waals surface area contributed by atoms with Crippen LogP contribution < -0.4 is 0 Å². The second-order valence-electron chi connectivity index (χ2n) is 4.69. The van der Waals surface area contributed by atoms with E-state index in [1.807, 2.05) is 30.0 Å². The summed E-state index contributed by atoms with van der Waals surface area (Å²) in [5.74, 6) is -0.502. The quantitative estimate of drug-likeness (QED) is 0.866. The Bertz CT molecular complexity index is 380. The molecule has 92 valence electrons. The number of carbonyl (C=O) groups is 1. The number of hydrogen-bond acceptors (Lipinski definition) is 3. The number of carboxylic acids is 1. The van der Waals surface area contributed by atoms with Gasteiger partial charge in [-0.2, -0.15) is 0 Å². The number of aromatic nitrogens is 1. The first-order valence-electron chi connectivity index (χ1n) is 6.05. The maximum Gasteiger partial charge on any atom is 0.321 e. The predicted octanol–water partition coefficient (Wildman–Crippen LogP) is 1.77. The van der Waals surface area contributed by atoms with Gasteiger partial charge in [-0.25, -0.2) is 0 Å². The fraction of sp³-hybridized carbons (Fsp3) is 0.538. The SMILES string of the molecule is CC1CCCN(Cc2ccccn2)C1C(=O)O. The van der Waals surface area contributed by atoms with E-state index in [2.05, 4.69) is 4.98 Å². The summed E-state index contributed by atoms with van der Waals surface area (Å²) in [6.07, 6.45) is 3.81. The minimum Gasteiger partial charge on any atom is -0.480 e. The molecule has 0 bridgehead atoms. The van der Waals surface area contributed by atoms with E-state index in [4.69, 9.17) is 0 Å². The predicted molar refractivity (Wildman–Crippen MR) is 64.5 cm³/mol. The number of nitrogens with zero attached hydrogens (tertiary/aromatic N) is 2. The summed E-state index contributed by atoms with van der Waals surface area (Å²) in [6, 6.07) is 5.38. The maximum absolute atomic E-state index is 11.3. The van der Waals surface area contributed by atoms with Gasteiger partial charge in [-0.1, -0.05) is 13.0 Å². The number of piperidine rings is 1. The molecule has 1 saturated heterocycles. The lowest BCUT2D eigenvalue weighted by molar-refractivity contribution is -0.147. The highest BCUT2D eigenvalue weighted by Crippen LogP contribution is 2.24. The largest absolute Gasteiger partial charge is 0.480 e. The van der Waals surface area contributed by atoms with Crippen LogP contribution in [-0.4, -0.2) is 33.5 Å². The first-order chi connectivity index (χ1) is 8.18. The van der Waals surface area contributed by atoms with Gasteiger partial charge in [0, 0.05) is 12.7 Å². The summed E-state index contributed by atoms with van der Waals surface area (Å²) < 4.78 is 0. The second-order valence-corrected chi connectivity index (χ2v) is 4.69. The van der Waals surface area contributed by atoms with Crippen molar-refractivity contribution in [2.45, 2.75) is 32.4 Å². The first-order valence-corrected chi connectivity index (χ1v) is 6.05. The molecule has 0 spiro atoms. The molecular weight excluding hydrogens is 216 g/mol. The molecule has 0 aromatic carbocycles. The third-order valence-electron chi connectivity index (χ3n) is 3.38. The Morgan fingerprint density at radius 3 is 3.06 bits per heavy atom. The lowest BCUT2D eigenvalue weighted by atomic mass is 9.90. The fourth-order valence-corrected chi connectivity index (χ4v) is 2.55. The molecule has 17 heavy (non-hydrogen) atoms. The molecule has 1 fully saturated rings. The van der Waals surface area contributed by atoms with Gasteiger partial charge in [0.2, 0.25) is 0 Å². The van der Waals surface area contributed by atoms with Crippen LogP contribution in [-0.2, 0) is 11.3 Å². The van der Waals surface area contributed by atoms with Gasteiger partial charge in [-0.3, -0.25) is 14.7 Å². The van der Waals surface area contributed by atoms with E-state index >= 15 is 0 Å². The van der Waals surface area contributed by atoms with Crippen LogP contribution in [0, 0.1) is 5.92 Å². The van der Waals surface area contributed by atoms with Crippen LogP contribution in [0.15, 0.2) is 24.4 Å². The topological polar surface area (TPSA) is 53.4 Å². The van der Waals surface area contributed by atoms with E-state index in [-0.39, 0.29) is 12.0 Å². The number of hydrogen-bond donors (Lipinski definition) is 1. The molecule has 1 N–H and O–H groups in total. The zero-order valence-electron chi connectivity index (χ0n) is 10.0. The van der Waals surface area contributed by atoms with Gasteiger partial charge in [0.05, 0.1) is 5.69 Å². The monoisotopic (exact) mass is 234 g/mol. The van der Waals surface area contributed by atoms with Crippen LogP contribution in [0.4, 0.5) is 0 Å². The molecule has 1 aliphatic heterocycles. The van der Waals surface area contributed by atoms with E-state index in [1.54, 1.807) is 6.20 Å². The van der Waals surface area contributed by atoms with Crippen molar-refractivity contribution in [2.75, 3.05) is 6.54 Å². The molecule has 4 heteroatoms. The number of aliphatic carboxylic acids is 1. The third kappa shape index (κ3) is 2.82. The highest BCUT2D eigenvalue weighted by molar-refractivity contribution is 5.74. The average Bonchev–Trinajstić information content (AvgIpc) is 2.30. The molecule has 0 radical (unpaired) electrons. The third-order valence-corrected chi connectivity index (χ3v) is 3.38. The molecular formula is C13H18N2O2. The average molecular weight is 234 g/mol. The van der Waals surface area contributed by atoms with Crippen LogP contribution in [0.3, 0.4) is 0 Å². The molecule has 2 heterocycles. The molecule has 2 atom stereocenters. The van der Waals surface area contributed by atoms with Crippen LogP contribution in [0.1, 0.15) is 25.5 Å². The Balaban J connectivity index is 2.10. The Kier molecular flexibility index (Phi) is 3.74. The minimum absolute atomic E-state index is 0.213. The normalized spacial score (nSPS) is 25.7. The van der Waals surface area contributed by atoms with Crippen molar-refractivity contribution in [3.63, 3.8) is 0 Å². The lowest BCUT2D eigenvalue weighted by Crippen LogP contribution is -2.48. The summed E-state index contributed by atoms with van der Waals surface area (Å²) in [5.41, 5.74) is 0.938. The molecule has 2 unspecified atom stereocenters. The summed E-state index contributed by atoms with van der Waals surface area (Å²) >= 11 is 0. The smallest absolute Gasteiger partial charge is 0.321 e. The Hall–Kier alpha value is -1.42. The molecule has 1 aromatic rings. The van der Waals surface area contributed by atoms with E-state index in [0.717, 1.165) is 25.1 Å². The van der Waals surface area contributed by atoms with E-state index in [9.17, 15) is 9.90 Å². The van der Waals surface area contributed by atoms with Crippen molar-refractivity contribution in [3.05, 3.63) is 30.1 Å². The van der Waals surface area contributed by atoms with Gasteiger partial charge < -0.3 is 5.11 Å². The van der Waals surface area contributed by atoms with Gasteiger partial charge >= 0.3 is 5.97 Å². The second kappa shape index (κ2) is 5.27. The van der Waals surface area contributed by atoms with Gasteiger partial charge in [0.25, 0.3) is 0 Å². The van der Waals surface area contributed by atoms with Crippen molar-refractivity contribution in [2.24, 2.45) is 5.92 Å². The van der Waals surface area contributed by atoms with Gasteiger partial charge in [-0.05, 0) is 37.4 Å². The highest BCUT2D eigenvalue weighted by atomic mass is 16.4. The summed E-state index contributed by atoms with van der Waals surface area (Å²) in [6.45, 7) is 3.49. The van der Waals surface area contributed by atoms with Gasteiger partial charge in [0.15, 0.2) is 0 Å². The van der Waals surface area contributed by atoms with E-state index in [0.29, 0.717) is 6.54 Å². The van der Waals surface area contributed by atoms with Gasteiger partial charge in [0.1, 0.15) is 6.04 Å². The first kappa shape index (κ1) is 12.0. The standard InChI is InChI=1S/C13H18N2O2/c1-10-5-4-8-15(12(10)13(16)17)9-11-6-2-3-7-14-11/h2-3,6-7,10,12H,4-5,8-9H2,1H3,(H,16,17). The Labute approximate surface area is 101 Å². The number of carboxylic acid groups (broad SMARTS) is 1. The number of likely N-dealkylation sites (tertiary alicyclic amines) is 1. The summed E-state index contributed by atoms with van der Waals surface area (Å²) in [4.78, 5) is 17.6. The van der Waals surface area contributed by atoms with Crippen molar-refractivity contribution in [3.8, 4) is 0 Å². The van der Waals surface area contributed by atoms with E-state index < -0.39 is 5.97 Å². The molecule has 0 aliphatic carbocycles. The Morgan fingerprint density at radius 1 is 1.59 bits per heavy atom. The molecule has 0 saturated carbocycles. The molecule has 4 nitrogen and oxygen atoms in total. The van der Waals surface area contributed by atoms with Crippen molar-refractivity contribution in [1.29, 1.82) is 0 Å². The van der Waals surface area contributed by atoms with Crippen LogP contribution in [0.25, 0.3) is 0 Å². The number of rotatable bonds is 3. The molecule has 2 rings (SSSR count). The lowest BCUT2D eigenvalue weighted by Gasteiger charge is -2.36. The zero-order valence-corrected chi connectivity index (χ0v) is 10.0. The van der Waals surface area contributed by atoms with Crippen molar-refractivity contribution in [1.82, 2.24) is 9.88 Å². The summed E-state index contributed by atoms with van der Waals surface area (Å²) in [7, 11) is 0. The summed E-state index contributed by atoms with van der Waals surface area (Å²) in [5, 5.41) is 9.30. The van der Waals surface area contributed by atoms with Crippen LogP contribution in [0.2, 0.25) is 0 Å². The highest BCUT2D eigenvalue weighted by Gasteiger charge is 2.34. The van der Waals surface area contributed by atoms with Crippen LogP contribution >= 0.6 is 0 Å². The number of pyridine rings is 1. The Morgan fingerprint density at radius 2 is 2.41 bits per heavy atom. The molecule has 0 amide bonds. The molecule has 1 aromatic heterocycles. The van der Waals surface area contributed by atoms with Gasteiger partial charge in [-0.15, -0.1) is 0 Å². The van der Waals surface area contributed by atoms with Crippen molar-refractivity contribution < 1.29 is 9.90 Å².